The van der Waals surface area contributed by atoms with Crippen molar-refractivity contribution >= 4 is 21.4 Å². The maximum Gasteiger partial charge on any atom is 0.291 e. The molecule has 1 aromatic rings. The maximum absolute atomic E-state index is 12.2. The van der Waals surface area contributed by atoms with Gasteiger partial charge in [0.2, 0.25) is 10.0 Å². The highest BCUT2D eigenvalue weighted by Crippen LogP contribution is 2.27. The van der Waals surface area contributed by atoms with E-state index < -0.39 is 20.6 Å². The minimum Gasteiger partial charge on any atom is -0.385 e. The first-order valence-corrected chi connectivity index (χ1v) is 7.93. The summed E-state index contributed by atoms with van der Waals surface area (Å²) in [5.41, 5.74) is 0.0715. The number of hydrogen-bond acceptors (Lipinski definition) is 6. The van der Waals surface area contributed by atoms with Crippen LogP contribution >= 0.6 is 0 Å². The highest BCUT2D eigenvalue weighted by atomic mass is 32.2. The number of anilines is 1. The van der Waals surface area contributed by atoms with Gasteiger partial charge in [0.05, 0.1) is 4.92 Å². The minimum atomic E-state index is -3.91. The molecule has 0 heterocycles. The van der Waals surface area contributed by atoms with E-state index in [1.165, 1.54) is 18.2 Å². The fourth-order valence-corrected chi connectivity index (χ4v) is 2.85. The summed E-state index contributed by atoms with van der Waals surface area (Å²) < 4.78 is 26.7. The second kappa shape index (κ2) is 7.34. The van der Waals surface area contributed by atoms with Gasteiger partial charge in [-0.1, -0.05) is 0 Å². The molecule has 0 amide bonds. The van der Waals surface area contributed by atoms with Crippen LogP contribution in [0.4, 0.5) is 11.4 Å². The van der Waals surface area contributed by atoms with Gasteiger partial charge in [-0.25, -0.2) is 13.1 Å². The molecular weight excluding hydrogens is 296 g/mol. The Morgan fingerprint density at radius 3 is 2.52 bits per heavy atom. The quantitative estimate of drug-likeness (QED) is 0.544. The Balaban J connectivity index is 3.07. The average molecular weight is 316 g/mol. The van der Waals surface area contributed by atoms with Crippen molar-refractivity contribution in [1.29, 1.82) is 0 Å². The predicted octanol–water partition coefficient (Wildman–Crippen LogP) is 0.867. The highest BCUT2D eigenvalue weighted by molar-refractivity contribution is 7.89. The zero-order valence-electron chi connectivity index (χ0n) is 12.3. The standard InChI is InChI=1S/C12H20N4O4S/c1-4-13-10-5-6-12(11(9-10)16(17)18)21(19,20)14-7-8-15(2)3/h5-6,9,13-14H,4,7-8H2,1-3H3. The molecule has 0 aromatic heterocycles. The summed E-state index contributed by atoms with van der Waals surface area (Å²) in [5.74, 6) is 0. The molecule has 0 unspecified atom stereocenters. The molecule has 0 fully saturated rings. The third kappa shape index (κ3) is 4.96. The van der Waals surface area contributed by atoms with E-state index in [1.54, 1.807) is 0 Å². The van der Waals surface area contributed by atoms with Gasteiger partial charge >= 0.3 is 0 Å². The monoisotopic (exact) mass is 316 g/mol. The zero-order chi connectivity index (χ0) is 16.0. The van der Waals surface area contributed by atoms with Gasteiger partial charge < -0.3 is 10.2 Å². The summed E-state index contributed by atoms with van der Waals surface area (Å²) >= 11 is 0. The van der Waals surface area contributed by atoms with Crippen LogP contribution in [0.15, 0.2) is 23.1 Å². The van der Waals surface area contributed by atoms with Crippen molar-refractivity contribution in [1.82, 2.24) is 9.62 Å². The molecule has 0 atom stereocenters. The number of sulfonamides is 1. The minimum absolute atomic E-state index is 0.182. The Morgan fingerprint density at radius 2 is 2.00 bits per heavy atom. The van der Waals surface area contributed by atoms with E-state index >= 15 is 0 Å². The summed E-state index contributed by atoms with van der Waals surface area (Å²) in [6.45, 7) is 3.12. The van der Waals surface area contributed by atoms with Crippen LogP contribution in [0.3, 0.4) is 0 Å². The van der Waals surface area contributed by atoms with E-state index in [0.29, 0.717) is 18.8 Å². The fourth-order valence-electron chi connectivity index (χ4n) is 1.68. The van der Waals surface area contributed by atoms with E-state index in [4.69, 9.17) is 0 Å². The number of nitrogens with zero attached hydrogens (tertiary/aromatic N) is 2. The van der Waals surface area contributed by atoms with Crippen LogP contribution in [0.5, 0.6) is 0 Å². The van der Waals surface area contributed by atoms with Gasteiger partial charge in [-0.15, -0.1) is 0 Å². The molecule has 0 aliphatic rings. The van der Waals surface area contributed by atoms with Crippen LogP contribution in [-0.2, 0) is 10.0 Å². The van der Waals surface area contributed by atoms with Gasteiger partial charge in [0.1, 0.15) is 0 Å². The molecule has 0 saturated carbocycles. The van der Waals surface area contributed by atoms with E-state index in [9.17, 15) is 18.5 Å². The molecule has 2 N–H and O–H groups in total. The van der Waals surface area contributed by atoms with Gasteiger partial charge in [-0.3, -0.25) is 10.1 Å². The molecule has 118 valence electrons. The molecule has 9 heteroatoms. The Morgan fingerprint density at radius 1 is 1.33 bits per heavy atom. The number of hydrogen-bond donors (Lipinski definition) is 2. The summed E-state index contributed by atoms with van der Waals surface area (Å²) in [6, 6.07) is 3.98. The van der Waals surface area contributed by atoms with E-state index in [2.05, 4.69) is 10.0 Å². The molecule has 0 aliphatic carbocycles. The van der Waals surface area contributed by atoms with Crippen molar-refractivity contribution in [2.45, 2.75) is 11.8 Å². The number of nitro groups is 1. The van der Waals surface area contributed by atoms with E-state index in [0.717, 1.165) is 0 Å². The van der Waals surface area contributed by atoms with Crippen LogP contribution in [0, 0.1) is 10.1 Å². The summed E-state index contributed by atoms with van der Waals surface area (Å²) in [4.78, 5) is 11.9. The number of likely N-dealkylation sites (N-methyl/N-ethyl adjacent to an activating group) is 1. The lowest BCUT2D eigenvalue weighted by Gasteiger charge is -2.12. The topological polar surface area (TPSA) is 105 Å². The van der Waals surface area contributed by atoms with Crippen LogP contribution in [0.25, 0.3) is 0 Å². The molecular formula is C12H20N4O4S. The SMILES string of the molecule is CCNc1ccc(S(=O)(=O)NCCN(C)C)c([N+](=O)[O-])c1. The highest BCUT2D eigenvalue weighted by Gasteiger charge is 2.25. The van der Waals surface area contributed by atoms with Crippen molar-refractivity contribution < 1.29 is 13.3 Å². The zero-order valence-corrected chi connectivity index (χ0v) is 13.1. The van der Waals surface area contributed by atoms with Crippen LogP contribution in [-0.4, -0.2) is 52.0 Å². The Labute approximate surface area is 124 Å². The van der Waals surface area contributed by atoms with Crippen molar-refractivity contribution in [3.63, 3.8) is 0 Å². The van der Waals surface area contributed by atoms with Gasteiger partial charge in [0.25, 0.3) is 5.69 Å². The van der Waals surface area contributed by atoms with E-state index in [1.807, 2.05) is 25.9 Å². The van der Waals surface area contributed by atoms with Gasteiger partial charge in [0.15, 0.2) is 4.90 Å². The molecule has 0 radical (unpaired) electrons. The summed E-state index contributed by atoms with van der Waals surface area (Å²) in [5, 5.41) is 14.0. The molecule has 1 rings (SSSR count). The number of nitrogens with one attached hydrogen (secondary N) is 2. The molecule has 8 nitrogen and oxygen atoms in total. The van der Waals surface area contributed by atoms with Gasteiger partial charge in [0, 0.05) is 31.4 Å². The summed E-state index contributed by atoms with van der Waals surface area (Å²) in [7, 11) is -0.294. The smallest absolute Gasteiger partial charge is 0.291 e. The van der Waals surface area contributed by atoms with Gasteiger partial charge in [-0.05, 0) is 33.2 Å². The first-order valence-electron chi connectivity index (χ1n) is 6.44. The number of nitro benzene ring substituents is 1. The molecule has 0 spiro atoms. The van der Waals surface area contributed by atoms with Crippen LogP contribution < -0.4 is 10.0 Å². The number of rotatable bonds is 8. The Hall–Kier alpha value is -1.71. The molecule has 0 bridgehead atoms. The van der Waals surface area contributed by atoms with Crippen molar-refractivity contribution in [3.05, 3.63) is 28.3 Å². The largest absolute Gasteiger partial charge is 0.385 e. The molecule has 0 aliphatic heterocycles. The van der Waals surface area contributed by atoms with Gasteiger partial charge in [-0.2, -0.15) is 0 Å². The second-order valence-electron chi connectivity index (χ2n) is 4.67. The lowest BCUT2D eigenvalue weighted by molar-refractivity contribution is -0.387. The number of benzene rings is 1. The fraction of sp³-hybridized carbons (Fsp3) is 0.500. The Bertz CT molecular complexity index is 601. The molecule has 1 aromatic carbocycles. The third-order valence-electron chi connectivity index (χ3n) is 2.68. The molecule has 21 heavy (non-hydrogen) atoms. The second-order valence-corrected chi connectivity index (χ2v) is 6.41. The predicted molar refractivity (Wildman–Crippen MR) is 81.0 cm³/mol. The van der Waals surface area contributed by atoms with Crippen molar-refractivity contribution in [3.8, 4) is 0 Å². The van der Waals surface area contributed by atoms with Crippen molar-refractivity contribution in [2.75, 3.05) is 39.0 Å². The average Bonchev–Trinajstić information content (AvgIpc) is 2.38. The lowest BCUT2D eigenvalue weighted by atomic mass is 10.3. The molecule has 0 saturated heterocycles. The van der Waals surface area contributed by atoms with Crippen molar-refractivity contribution in [2.24, 2.45) is 0 Å². The Kier molecular flexibility index (Phi) is 6.06. The normalized spacial score (nSPS) is 11.6. The van der Waals surface area contributed by atoms with E-state index in [-0.39, 0.29) is 11.4 Å². The van der Waals surface area contributed by atoms with Crippen LogP contribution in [0.1, 0.15) is 6.92 Å². The first-order chi connectivity index (χ1) is 9.77. The lowest BCUT2D eigenvalue weighted by Crippen LogP contribution is -2.31. The third-order valence-corrected chi connectivity index (χ3v) is 4.19. The maximum atomic E-state index is 12.2. The summed E-state index contributed by atoms with van der Waals surface area (Å²) in [6.07, 6.45) is 0. The van der Waals surface area contributed by atoms with Crippen LogP contribution in [0.2, 0.25) is 0 Å². The first kappa shape index (κ1) is 17.3.